The normalized spacial score (nSPS) is 41.1. The fourth-order valence-corrected chi connectivity index (χ4v) is 1.27. The molecule has 0 radical (unpaired) electrons. The van der Waals surface area contributed by atoms with Gasteiger partial charge in [-0.2, -0.15) is 0 Å². The average molecular weight is 192 g/mol. The lowest BCUT2D eigenvalue weighted by atomic mass is 10.1. The van der Waals surface area contributed by atoms with Crippen LogP contribution in [0, 0.1) is 0 Å². The highest BCUT2D eigenvalue weighted by atomic mass is 16.6. The summed E-state index contributed by atoms with van der Waals surface area (Å²) in [6.45, 7) is 3.57. The van der Waals surface area contributed by atoms with Gasteiger partial charge in [0, 0.05) is 0 Å². The molecule has 0 bridgehead atoms. The van der Waals surface area contributed by atoms with Crippen LogP contribution in [-0.4, -0.2) is 52.6 Å². The lowest BCUT2D eigenvalue weighted by molar-refractivity contribution is -0.267. The Morgan fingerprint density at radius 3 is 2.46 bits per heavy atom. The highest BCUT2D eigenvalue weighted by molar-refractivity contribution is 4.83. The van der Waals surface area contributed by atoms with Gasteiger partial charge in [0.05, 0.1) is 12.7 Å². The Morgan fingerprint density at radius 1 is 1.31 bits per heavy atom. The van der Waals surface area contributed by atoms with E-state index in [0.29, 0.717) is 0 Å². The van der Waals surface area contributed by atoms with Gasteiger partial charge in [-0.05, 0) is 13.8 Å². The summed E-state index contributed by atoms with van der Waals surface area (Å²) in [5, 5.41) is 27.9. The summed E-state index contributed by atoms with van der Waals surface area (Å²) in [7, 11) is 0. The number of ether oxygens (including phenoxy) is 2. The minimum Gasteiger partial charge on any atom is -0.388 e. The van der Waals surface area contributed by atoms with Crippen LogP contribution in [0.2, 0.25) is 0 Å². The molecule has 0 saturated carbocycles. The maximum atomic E-state index is 9.40. The van der Waals surface area contributed by atoms with Gasteiger partial charge in [0.1, 0.15) is 18.3 Å². The average Bonchev–Trinajstić information content (AvgIpc) is 2.05. The second kappa shape index (κ2) is 4.34. The van der Waals surface area contributed by atoms with Crippen molar-refractivity contribution in [1.29, 1.82) is 0 Å². The fourth-order valence-electron chi connectivity index (χ4n) is 1.27. The van der Waals surface area contributed by atoms with Gasteiger partial charge in [0.25, 0.3) is 0 Å². The van der Waals surface area contributed by atoms with Gasteiger partial charge in [0.2, 0.25) is 0 Å². The van der Waals surface area contributed by atoms with E-state index in [-0.39, 0.29) is 12.7 Å². The molecular weight excluding hydrogens is 176 g/mol. The molecule has 5 heteroatoms. The maximum Gasteiger partial charge on any atom is 0.183 e. The molecule has 1 aliphatic heterocycles. The molecule has 3 N–H and O–H groups in total. The van der Waals surface area contributed by atoms with Crippen molar-refractivity contribution in [2.75, 3.05) is 6.61 Å². The lowest BCUT2D eigenvalue weighted by Crippen LogP contribution is -2.54. The molecule has 0 spiro atoms. The Morgan fingerprint density at radius 2 is 1.92 bits per heavy atom. The van der Waals surface area contributed by atoms with Gasteiger partial charge in [-0.3, -0.25) is 0 Å². The van der Waals surface area contributed by atoms with Gasteiger partial charge in [-0.15, -0.1) is 0 Å². The highest BCUT2D eigenvalue weighted by Gasteiger charge is 2.38. The third-order valence-electron chi connectivity index (χ3n) is 1.88. The zero-order valence-corrected chi connectivity index (χ0v) is 7.75. The van der Waals surface area contributed by atoms with Crippen molar-refractivity contribution < 1.29 is 24.8 Å². The molecule has 4 atom stereocenters. The van der Waals surface area contributed by atoms with Gasteiger partial charge >= 0.3 is 0 Å². The zero-order valence-electron chi connectivity index (χ0n) is 7.75. The van der Waals surface area contributed by atoms with Gasteiger partial charge in [0.15, 0.2) is 6.29 Å². The molecule has 5 nitrogen and oxygen atoms in total. The second-order valence-corrected chi connectivity index (χ2v) is 3.43. The van der Waals surface area contributed by atoms with Crippen molar-refractivity contribution in [3.05, 3.63) is 0 Å². The number of aliphatic hydroxyl groups is 3. The molecule has 0 aliphatic carbocycles. The predicted molar refractivity (Wildman–Crippen MR) is 44.0 cm³/mol. The molecule has 1 saturated heterocycles. The Labute approximate surface area is 76.9 Å². The fraction of sp³-hybridized carbons (Fsp3) is 1.00. The van der Waals surface area contributed by atoms with Gasteiger partial charge in [-0.25, -0.2) is 0 Å². The molecule has 1 aliphatic rings. The first-order valence-corrected chi connectivity index (χ1v) is 4.33. The van der Waals surface area contributed by atoms with Crippen molar-refractivity contribution >= 4 is 0 Å². The van der Waals surface area contributed by atoms with E-state index in [0.717, 1.165) is 0 Å². The molecule has 1 heterocycles. The smallest absolute Gasteiger partial charge is 0.183 e. The van der Waals surface area contributed by atoms with Crippen LogP contribution in [0.4, 0.5) is 0 Å². The highest BCUT2D eigenvalue weighted by Crippen LogP contribution is 2.18. The topological polar surface area (TPSA) is 79.2 Å². The van der Waals surface area contributed by atoms with E-state index in [1.165, 1.54) is 0 Å². The zero-order chi connectivity index (χ0) is 10.0. The van der Waals surface area contributed by atoms with E-state index >= 15 is 0 Å². The van der Waals surface area contributed by atoms with Crippen molar-refractivity contribution in [1.82, 2.24) is 0 Å². The third kappa shape index (κ3) is 2.62. The molecule has 1 rings (SSSR count). The van der Waals surface area contributed by atoms with E-state index in [4.69, 9.17) is 9.84 Å². The Hall–Kier alpha value is -0.200. The van der Waals surface area contributed by atoms with Crippen LogP contribution in [-0.2, 0) is 9.47 Å². The quantitative estimate of drug-likeness (QED) is 0.515. The third-order valence-corrected chi connectivity index (χ3v) is 1.88. The molecule has 0 aromatic heterocycles. The molecule has 0 aromatic rings. The van der Waals surface area contributed by atoms with E-state index in [1.54, 1.807) is 13.8 Å². The first kappa shape index (κ1) is 10.9. The molecular formula is C8H16O5. The summed E-state index contributed by atoms with van der Waals surface area (Å²) in [5.41, 5.74) is 0. The first-order chi connectivity index (χ1) is 6.02. The second-order valence-electron chi connectivity index (χ2n) is 3.43. The van der Waals surface area contributed by atoms with Crippen molar-refractivity contribution in [2.24, 2.45) is 0 Å². The van der Waals surface area contributed by atoms with Crippen LogP contribution in [0.3, 0.4) is 0 Å². The van der Waals surface area contributed by atoms with Crippen LogP contribution in [0.15, 0.2) is 0 Å². The van der Waals surface area contributed by atoms with Crippen LogP contribution in [0.1, 0.15) is 13.8 Å². The van der Waals surface area contributed by atoms with Crippen molar-refractivity contribution in [2.45, 2.75) is 44.6 Å². The summed E-state index contributed by atoms with van der Waals surface area (Å²) < 4.78 is 9.94. The van der Waals surface area contributed by atoms with E-state index in [1.807, 2.05) is 0 Å². The summed E-state index contributed by atoms with van der Waals surface area (Å²) in [5.74, 6) is 0. The minimum absolute atomic E-state index is 0.0182. The Balaban J connectivity index is 2.55. The Kier molecular flexibility index (Phi) is 3.63. The predicted octanol–water partition coefficient (Wildman–Crippen LogP) is -1.15. The molecule has 78 valence electrons. The monoisotopic (exact) mass is 192 g/mol. The molecule has 13 heavy (non-hydrogen) atoms. The minimum atomic E-state index is -1.27. The summed E-state index contributed by atoms with van der Waals surface area (Å²) in [6.07, 6.45) is -4.23. The standard InChI is InChI=1S/C8H16O5/c1-4(2)13-7-5(9)3-12-8(11)6(7)10/h4-11H,3H2,1-2H3/t5-,6-,7+,8+/m1/s1. The number of rotatable bonds is 2. The lowest BCUT2D eigenvalue weighted by Gasteiger charge is -2.36. The summed E-state index contributed by atoms with van der Waals surface area (Å²) in [4.78, 5) is 0. The molecule has 0 aromatic carbocycles. The first-order valence-electron chi connectivity index (χ1n) is 4.33. The number of aliphatic hydroxyl groups excluding tert-OH is 3. The van der Waals surface area contributed by atoms with Crippen LogP contribution in [0.25, 0.3) is 0 Å². The molecule has 1 fully saturated rings. The molecule has 0 unspecified atom stereocenters. The van der Waals surface area contributed by atoms with Crippen LogP contribution >= 0.6 is 0 Å². The number of hydrogen-bond donors (Lipinski definition) is 3. The summed E-state index contributed by atoms with van der Waals surface area (Å²) >= 11 is 0. The van der Waals surface area contributed by atoms with Crippen LogP contribution in [0.5, 0.6) is 0 Å². The number of hydrogen-bond acceptors (Lipinski definition) is 5. The SMILES string of the molecule is CC(C)O[C@@H]1[C@@H](O)[C@@H](O)OC[C@H]1O. The van der Waals surface area contributed by atoms with Crippen LogP contribution < -0.4 is 0 Å². The van der Waals surface area contributed by atoms with E-state index in [9.17, 15) is 10.2 Å². The largest absolute Gasteiger partial charge is 0.388 e. The summed E-state index contributed by atoms with van der Waals surface area (Å²) in [6, 6.07) is 0. The molecule has 0 amide bonds. The Bertz CT molecular complexity index is 161. The maximum absolute atomic E-state index is 9.40. The van der Waals surface area contributed by atoms with E-state index < -0.39 is 24.6 Å². The van der Waals surface area contributed by atoms with Gasteiger partial charge < -0.3 is 24.8 Å². The van der Waals surface area contributed by atoms with Gasteiger partial charge in [-0.1, -0.05) is 0 Å². The van der Waals surface area contributed by atoms with Crippen molar-refractivity contribution in [3.8, 4) is 0 Å². The van der Waals surface area contributed by atoms with Crippen molar-refractivity contribution in [3.63, 3.8) is 0 Å². The van der Waals surface area contributed by atoms with E-state index in [2.05, 4.69) is 4.74 Å².